The second-order valence-corrected chi connectivity index (χ2v) is 6.08. The van der Waals surface area contributed by atoms with Crippen molar-refractivity contribution in [2.24, 2.45) is 5.41 Å². The van der Waals surface area contributed by atoms with E-state index in [-0.39, 0.29) is 30.8 Å². The predicted molar refractivity (Wildman–Crippen MR) is 86.9 cm³/mol. The zero-order valence-electron chi connectivity index (χ0n) is 14.5. The lowest BCUT2D eigenvalue weighted by atomic mass is 9.96. The molecule has 0 aromatic heterocycles. The van der Waals surface area contributed by atoms with Crippen molar-refractivity contribution < 1.29 is 28.5 Å². The quantitative estimate of drug-likeness (QED) is 0.404. The van der Waals surface area contributed by atoms with Gasteiger partial charge in [0.2, 0.25) is 0 Å². The maximum absolute atomic E-state index is 11.0. The topological polar surface area (TPSA) is 71.1 Å². The van der Waals surface area contributed by atoms with Gasteiger partial charge in [0.05, 0.1) is 25.4 Å². The second-order valence-electron chi connectivity index (χ2n) is 6.08. The normalized spacial score (nSPS) is 13.7. The third kappa shape index (κ3) is 11.5. The molecule has 0 spiro atoms. The molecule has 0 radical (unpaired) electrons. The third-order valence-corrected chi connectivity index (χ3v) is 2.77. The van der Waals surface area contributed by atoms with Gasteiger partial charge in [-0.05, 0) is 13.8 Å². The molecule has 0 saturated heterocycles. The van der Waals surface area contributed by atoms with Crippen molar-refractivity contribution in [1.29, 1.82) is 0 Å². The van der Waals surface area contributed by atoms with Crippen LogP contribution in [0.5, 0.6) is 0 Å². The van der Waals surface area contributed by atoms with Crippen LogP contribution in [-0.4, -0.2) is 50.6 Å². The Kier molecular flexibility index (Phi) is 10.2. The third-order valence-electron chi connectivity index (χ3n) is 2.77. The SMILES string of the molecule is C=CC(=O)OCC(C)OCC(C)(C)COC(C)COC(=O)C=C. The first-order chi connectivity index (χ1) is 10.7. The summed E-state index contributed by atoms with van der Waals surface area (Å²) in [7, 11) is 0. The smallest absolute Gasteiger partial charge is 0.330 e. The minimum absolute atomic E-state index is 0.176. The summed E-state index contributed by atoms with van der Waals surface area (Å²) in [5.74, 6) is -0.933. The highest BCUT2D eigenvalue weighted by atomic mass is 16.6. The lowest BCUT2D eigenvalue weighted by molar-refractivity contribution is -0.144. The van der Waals surface area contributed by atoms with Crippen LogP contribution in [-0.2, 0) is 28.5 Å². The molecule has 0 amide bonds. The monoisotopic (exact) mass is 328 g/mol. The minimum atomic E-state index is -0.467. The lowest BCUT2D eigenvalue weighted by Crippen LogP contribution is -2.32. The zero-order chi connectivity index (χ0) is 17.9. The van der Waals surface area contributed by atoms with Gasteiger partial charge in [-0.15, -0.1) is 0 Å². The van der Waals surface area contributed by atoms with Gasteiger partial charge in [0.1, 0.15) is 13.2 Å². The van der Waals surface area contributed by atoms with Gasteiger partial charge in [-0.3, -0.25) is 0 Å². The summed E-state index contributed by atoms with van der Waals surface area (Å²) < 4.78 is 21.1. The largest absolute Gasteiger partial charge is 0.460 e. The molecule has 23 heavy (non-hydrogen) atoms. The molecular weight excluding hydrogens is 300 g/mol. The minimum Gasteiger partial charge on any atom is -0.460 e. The van der Waals surface area contributed by atoms with Crippen LogP contribution in [0.2, 0.25) is 0 Å². The van der Waals surface area contributed by atoms with Crippen LogP contribution < -0.4 is 0 Å². The number of esters is 2. The molecule has 0 rings (SSSR count). The fourth-order valence-corrected chi connectivity index (χ4v) is 1.39. The number of hydrogen-bond donors (Lipinski definition) is 0. The van der Waals surface area contributed by atoms with Crippen LogP contribution in [0.3, 0.4) is 0 Å². The van der Waals surface area contributed by atoms with E-state index in [9.17, 15) is 9.59 Å². The molecule has 0 bridgehead atoms. The number of ether oxygens (including phenoxy) is 4. The van der Waals surface area contributed by atoms with Gasteiger partial charge in [0.25, 0.3) is 0 Å². The van der Waals surface area contributed by atoms with Crippen LogP contribution >= 0.6 is 0 Å². The van der Waals surface area contributed by atoms with E-state index in [1.165, 1.54) is 0 Å². The van der Waals surface area contributed by atoms with Gasteiger partial charge >= 0.3 is 11.9 Å². The van der Waals surface area contributed by atoms with E-state index in [0.717, 1.165) is 12.2 Å². The molecule has 2 unspecified atom stereocenters. The fraction of sp³-hybridized carbons (Fsp3) is 0.647. The van der Waals surface area contributed by atoms with E-state index in [2.05, 4.69) is 13.2 Å². The summed E-state index contributed by atoms with van der Waals surface area (Å²) in [5.41, 5.74) is -0.229. The van der Waals surface area contributed by atoms with Crippen molar-refractivity contribution in [2.75, 3.05) is 26.4 Å². The van der Waals surface area contributed by atoms with Gasteiger partial charge < -0.3 is 18.9 Å². The Labute approximate surface area is 138 Å². The van der Waals surface area contributed by atoms with E-state index < -0.39 is 11.9 Å². The molecule has 0 heterocycles. The first-order valence-corrected chi connectivity index (χ1v) is 7.51. The van der Waals surface area contributed by atoms with E-state index in [1.807, 2.05) is 27.7 Å². The van der Waals surface area contributed by atoms with E-state index in [4.69, 9.17) is 18.9 Å². The highest BCUT2D eigenvalue weighted by Gasteiger charge is 2.22. The predicted octanol–water partition coefficient (Wildman–Crippen LogP) is 2.28. The summed E-state index contributed by atoms with van der Waals surface area (Å²) in [6.45, 7) is 15.5. The summed E-state index contributed by atoms with van der Waals surface area (Å²) in [6, 6.07) is 0. The average Bonchev–Trinajstić information content (AvgIpc) is 2.53. The molecule has 0 aliphatic heterocycles. The molecule has 6 heteroatoms. The molecule has 0 saturated carbocycles. The van der Waals surface area contributed by atoms with E-state index in [1.54, 1.807) is 0 Å². The average molecular weight is 328 g/mol. The standard InChI is InChI=1S/C17H28O6/c1-7-15(18)20-9-13(3)22-11-17(5,6)12-23-14(4)10-21-16(19)8-2/h7-8,13-14H,1-2,9-12H2,3-6H3. The maximum atomic E-state index is 11.0. The van der Waals surface area contributed by atoms with Crippen LogP contribution in [0.4, 0.5) is 0 Å². The van der Waals surface area contributed by atoms with Crippen LogP contribution in [0.15, 0.2) is 25.3 Å². The van der Waals surface area contributed by atoms with Crippen molar-refractivity contribution in [1.82, 2.24) is 0 Å². The highest BCUT2D eigenvalue weighted by Crippen LogP contribution is 2.18. The van der Waals surface area contributed by atoms with Crippen LogP contribution in [0.25, 0.3) is 0 Å². The Morgan fingerprint density at radius 3 is 1.57 bits per heavy atom. The Morgan fingerprint density at radius 2 is 1.26 bits per heavy atom. The molecule has 132 valence electrons. The van der Waals surface area contributed by atoms with Crippen LogP contribution in [0, 0.1) is 5.41 Å². The number of carbonyl (C=O) groups excluding carboxylic acids is 2. The molecule has 6 nitrogen and oxygen atoms in total. The zero-order valence-corrected chi connectivity index (χ0v) is 14.5. The lowest BCUT2D eigenvalue weighted by Gasteiger charge is -2.27. The first-order valence-electron chi connectivity index (χ1n) is 7.51. The Bertz CT molecular complexity index is 366. The molecular formula is C17H28O6. The molecule has 0 aromatic rings. The molecule has 0 aromatic carbocycles. The Hall–Kier alpha value is -1.66. The summed E-state index contributed by atoms with van der Waals surface area (Å²) >= 11 is 0. The van der Waals surface area contributed by atoms with Crippen LogP contribution in [0.1, 0.15) is 27.7 Å². The number of rotatable bonds is 12. The van der Waals surface area contributed by atoms with Gasteiger partial charge in [0.15, 0.2) is 0 Å². The van der Waals surface area contributed by atoms with Gasteiger partial charge in [-0.25, -0.2) is 9.59 Å². The summed E-state index contributed by atoms with van der Waals surface area (Å²) in [4.78, 5) is 21.9. The van der Waals surface area contributed by atoms with Crippen molar-refractivity contribution in [3.05, 3.63) is 25.3 Å². The van der Waals surface area contributed by atoms with Crippen molar-refractivity contribution in [2.45, 2.75) is 39.9 Å². The summed E-state index contributed by atoms with van der Waals surface area (Å²) in [5, 5.41) is 0. The molecule has 2 atom stereocenters. The Balaban J connectivity index is 3.98. The molecule has 0 fully saturated rings. The van der Waals surface area contributed by atoms with Gasteiger partial charge in [0, 0.05) is 17.6 Å². The second kappa shape index (κ2) is 11.0. The Morgan fingerprint density at radius 1 is 0.913 bits per heavy atom. The molecule has 0 N–H and O–H groups in total. The first kappa shape index (κ1) is 21.3. The highest BCUT2D eigenvalue weighted by molar-refractivity contribution is 5.81. The van der Waals surface area contributed by atoms with E-state index >= 15 is 0 Å². The maximum Gasteiger partial charge on any atom is 0.330 e. The number of carbonyl (C=O) groups is 2. The number of hydrogen-bond acceptors (Lipinski definition) is 6. The van der Waals surface area contributed by atoms with Crippen molar-refractivity contribution in [3.63, 3.8) is 0 Å². The van der Waals surface area contributed by atoms with Crippen molar-refractivity contribution >= 4 is 11.9 Å². The summed E-state index contributed by atoms with van der Waals surface area (Å²) in [6.07, 6.45) is 1.80. The fourth-order valence-electron chi connectivity index (χ4n) is 1.39. The van der Waals surface area contributed by atoms with Crippen molar-refractivity contribution in [3.8, 4) is 0 Å². The molecule has 0 aliphatic rings. The van der Waals surface area contributed by atoms with Gasteiger partial charge in [-0.2, -0.15) is 0 Å². The van der Waals surface area contributed by atoms with E-state index in [0.29, 0.717) is 13.2 Å². The van der Waals surface area contributed by atoms with Gasteiger partial charge in [-0.1, -0.05) is 27.0 Å². The molecule has 0 aliphatic carbocycles.